The molecule has 1 aliphatic heterocycles. The summed E-state index contributed by atoms with van der Waals surface area (Å²) in [6.07, 6.45) is 16.4. The summed E-state index contributed by atoms with van der Waals surface area (Å²) in [6, 6.07) is 3.85. The average Bonchev–Trinajstić information content (AvgIpc) is 2.83. The van der Waals surface area contributed by atoms with Crippen molar-refractivity contribution >= 4 is 0 Å². The summed E-state index contributed by atoms with van der Waals surface area (Å²) in [6.45, 7) is 5.36. The first kappa shape index (κ1) is 24.2. The molecule has 1 aromatic rings. The molecule has 4 rings (SSSR count). The SMILES string of the molecule is CCCC1CCC(c2ccc(C3CCC(C4CCC(CCC)OC4)CC3)c(F)c2F)CC1. The van der Waals surface area contributed by atoms with E-state index in [1.165, 1.54) is 38.5 Å². The second-order valence-corrected chi connectivity index (χ2v) is 11.1. The zero-order chi connectivity index (χ0) is 22.5. The van der Waals surface area contributed by atoms with Crippen LogP contribution in [-0.2, 0) is 4.74 Å². The number of hydrogen-bond acceptors (Lipinski definition) is 1. The fourth-order valence-electron chi connectivity index (χ4n) is 7.03. The molecule has 0 N–H and O–H groups in total. The van der Waals surface area contributed by atoms with E-state index in [0.29, 0.717) is 29.1 Å². The molecule has 0 aromatic heterocycles. The van der Waals surface area contributed by atoms with Crippen LogP contribution in [0.15, 0.2) is 12.1 Å². The topological polar surface area (TPSA) is 9.23 Å². The standard InChI is InChI=1S/C29H44F2O/c1-3-5-20-7-9-22(10-8-20)26-17-18-27(29(31)28(26)30)23-13-11-21(12-14-23)24-15-16-25(6-4-2)32-19-24/h17-18,20-25H,3-16,19H2,1-2H3. The number of hydrogen-bond donors (Lipinski definition) is 0. The van der Waals surface area contributed by atoms with Gasteiger partial charge in [-0.25, -0.2) is 8.78 Å². The first-order chi connectivity index (χ1) is 15.6. The van der Waals surface area contributed by atoms with Crippen LogP contribution in [0.2, 0.25) is 0 Å². The van der Waals surface area contributed by atoms with E-state index in [4.69, 9.17) is 4.74 Å². The Balaban J connectivity index is 1.32. The third kappa shape index (κ3) is 5.57. The molecular formula is C29H44F2O. The van der Waals surface area contributed by atoms with E-state index in [1.807, 2.05) is 12.1 Å². The molecule has 0 bridgehead atoms. The number of rotatable bonds is 7. The Morgan fingerprint density at radius 2 is 1.22 bits per heavy atom. The van der Waals surface area contributed by atoms with Crippen molar-refractivity contribution in [3.8, 4) is 0 Å². The monoisotopic (exact) mass is 446 g/mol. The van der Waals surface area contributed by atoms with E-state index in [0.717, 1.165) is 63.9 Å². The second-order valence-electron chi connectivity index (χ2n) is 11.1. The molecule has 2 atom stereocenters. The van der Waals surface area contributed by atoms with Crippen LogP contribution < -0.4 is 0 Å². The van der Waals surface area contributed by atoms with Gasteiger partial charge in [-0.15, -0.1) is 0 Å². The molecule has 3 aliphatic rings. The fourth-order valence-corrected chi connectivity index (χ4v) is 7.03. The number of ether oxygens (including phenoxy) is 1. The summed E-state index contributed by atoms with van der Waals surface area (Å²) in [5.41, 5.74) is 1.27. The Morgan fingerprint density at radius 1 is 0.688 bits per heavy atom. The van der Waals surface area contributed by atoms with Gasteiger partial charge < -0.3 is 4.74 Å². The van der Waals surface area contributed by atoms with Gasteiger partial charge in [-0.1, -0.05) is 45.2 Å². The first-order valence-corrected chi connectivity index (χ1v) is 13.7. The Bertz CT molecular complexity index is 708. The zero-order valence-electron chi connectivity index (χ0n) is 20.4. The molecule has 1 heterocycles. The molecule has 2 aliphatic carbocycles. The quantitative estimate of drug-likeness (QED) is 0.406. The third-order valence-corrected chi connectivity index (χ3v) is 9.02. The lowest BCUT2D eigenvalue weighted by Gasteiger charge is -2.38. The summed E-state index contributed by atoms with van der Waals surface area (Å²) in [5, 5.41) is 0. The largest absolute Gasteiger partial charge is 0.378 e. The Kier molecular flexibility index (Phi) is 8.65. The molecule has 3 fully saturated rings. The smallest absolute Gasteiger partial charge is 0.162 e. The minimum absolute atomic E-state index is 0.174. The molecule has 0 amide bonds. The van der Waals surface area contributed by atoms with Crippen LogP contribution >= 0.6 is 0 Å². The molecule has 1 saturated heterocycles. The highest BCUT2D eigenvalue weighted by atomic mass is 19.2. The van der Waals surface area contributed by atoms with E-state index < -0.39 is 11.6 Å². The Labute approximate surface area is 194 Å². The van der Waals surface area contributed by atoms with Gasteiger partial charge in [0.15, 0.2) is 11.6 Å². The zero-order valence-corrected chi connectivity index (χ0v) is 20.4. The van der Waals surface area contributed by atoms with Crippen molar-refractivity contribution in [1.82, 2.24) is 0 Å². The lowest BCUT2D eigenvalue weighted by molar-refractivity contribution is -0.0409. The van der Waals surface area contributed by atoms with Gasteiger partial charge in [-0.3, -0.25) is 0 Å². The lowest BCUT2D eigenvalue weighted by atomic mass is 9.71. The fraction of sp³-hybridized carbons (Fsp3) is 0.793. The van der Waals surface area contributed by atoms with E-state index in [2.05, 4.69) is 13.8 Å². The molecule has 3 heteroatoms. The lowest BCUT2D eigenvalue weighted by Crippen LogP contribution is -2.32. The predicted octanol–water partition coefficient (Wildman–Crippen LogP) is 8.91. The summed E-state index contributed by atoms with van der Waals surface area (Å²) < 4.78 is 36.4. The normalized spacial score (nSPS) is 33.9. The van der Waals surface area contributed by atoms with Crippen LogP contribution in [0.3, 0.4) is 0 Å². The average molecular weight is 447 g/mol. The molecule has 32 heavy (non-hydrogen) atoms. The first-order valence-electron chi connectivity index (χ1n) is 13.7. The molecule has 180 valence electrons. The van der Waals surface area contributed by atoms with Crippen LogP contribution in [-0.4, -0.2) is 12.7 Å². The molecule has 1 nitrogen and oxygen atoms in total. The number of benzene rings is 1. The van der Waals surface area contributed by atoms with Gasteiger partial charge in [0.2, 0.25) is 0 Å². The van der Waals surface area contributed by atoms with Crippen molar-refractivity contribution in [3.05, 3.63) is 34.9 Å². The summed E-state index contributed by atoms with van der Waals surface area (Å²) >= 11 is 0. The van der Waals surface area contributed by atoms with Crippen molar-refractivity contribution in [2.45, 2.75) is 122 Å². The number of halogens is 2. The maximum absolute atomic E-state index is 15.2. The van der Waals surface area contributed by atoms with Crippen molar-refractivity contribution in [1.29, 1.82) is 0 Å². The third-order valence-electron chi connectivity index (χ3n) is 9.02. The highest BCUT2D eigenvalue weighted by molar-refractivity contribution is 5.32. The maximum atomic E-state index is 15.2. The highest BCUT2D eigenvalue weighted by Crippen LogP contribution is 2.44. The second kappa shape index (κ2) is 11.4. The maximum Gasteiger partial charge on any atom is 0.162 e. The van der Waals surface area contributed by atoms with E-state index in [-0.39, 0.29) is 11.8 Å². The van der Waals surface area contributed by atoms with Crippen LogP contribution in [0.4, 0.5) is 8.78 Å². The van der Waals surface area contributed by atoms with Gasteiger partial charge in [0.05, 0.1) is 12.7 Å². The van der Waals surface area contributed by atoms with Crippen LogP contribution in [0.25, 0.3) is 0 Å². The van der Waals surface area contributed by atoms with Crippen LogP contribution in [0, 0.1) is 29.4 Å². The van der Waals surface area contributed by atoms with Gasteiger partial charge in [0.1, 0.15) is 0 Å². The molecule has 1 aromatic carbocycles. The minimum atomic E-state index is -0.551. The Hall–Kier alpha value is -0.960. The summed E-state index contributed by atoms with van der Waals surface area (Å²) in [7, 11) is 0. The van der Waals surface area contributed by atoms with Crippen molar-refractivity contribution in [2.24, 2.45) is 17.8 Å². The molecule has 2 saturated carbocycles. The van der Waals surface area contributed by atoms with E-state index in [9.17, 15) is 0 Å². The van der Waals surface area contributed by atoms with E-state index >= 15 is 8.78 Å². The van der Waals surface area contributed by atoms with E-state index in [1.54, 1.807) is 0 Å². The van der Waals surface area contributed by atoms with Gasteiger partial charge in [-0.05, 0) is 111 Å². The summed E-state index contributed by atoms with van der Waals surface area (Å²) in [4.78, 5) is 0. The van der Waals surface area contributed by atoms with Crippen LogP contribution in [0.5, 0.6) is 0 Å². The van der Waals surface area contributed by atoms with Crippen molar-refractivity contribution in [2.75, 3.05) is 6.61 Å². The molecule has 0 radical (unpaired) electrons. The predicted molar refractivity (Wildman–Crippen MR) is 128 cm³/mol. The minimum Gasteiger partial charge on any atom is -0.378 e. The Morgan fingerprint density at radius 3 is 1.72 bits per heavy atom. The molecule has 2 unspecified atom stereocenters. The highest BCUT2D eigenvalue weighted by Gasteiger charge is 2.33. The summed E-state index contributed by atoms with van der Waals surface area (Å²) in [5.74, 6) is 1.41. The van der Waals surface area contributed by atoms with Gasteiger partial charge in [0.25, 0.3) is 0 Å². The molecular weight excluding hydrogens is 402 g/mol. The van der Waals surface area contributed by atoms with Gasteiger partial charge in [0, 0.05) is 0 Å². The van der Waals surface area contributed by atoms with Gasteiger partial charge >= 0.3 is 0 Å². The molecule has 0 spiro atoms. The van der Waals surface area contributed by atoms with Gasteiger partial charge in [-0.2, -0.15) is 0 Å². The van der Waals surface area contributed by atoms with Crippen molar-refractivity contribution in [3.63, 3.8) is 0 Å². The van der Waals surface area contributed by atoms with Crippen molar-refractivity contribution < 1.29 is 13.5 Å². The van der Waals surface area contributed by atoms with Crippen LogP contribution in [0.1, 0.15) is 127 Å².